The fourth-order valence-corrected chi connectivity index (χ4v) is 1.50. The molecule has 6 heteroatoms. The van der Waals surface area contributed by atoms with E-state index >= 15 is 0 Å². The summed E-state index contributed by atoms with van der Waals surface area (Å²) in [4.78, 5) is 10.6. The van der Waals surface area contributed by atoms with Crippen LogP contribution in [0.15, 0.2) is 12.1 Å². The van der Waals surface area contributed by atoms with Crippen molar-refractivity contribution in [2.24, 2.45) is 5.73 Å². The van der Waals surface area contributed by atoms with Crippen LogP contribution >= 0.6 is 0 Å². The molecule has 0 aliphatic carbocycles. The van der Waals surface area contributed by atoms with E-state index in [0.717, 1.165) is 0 Å². The molecule has 1 aromatic rings. The molecule has 5 N–H and O–H groups in total. The smallest absolute Gasteiger partial charge is 0.307 e. The van der Waals surface area contributed by atoms with E-state index < -0.39 is 12.0 Å². The monoisotopic (exact) mass is 241 g/mol. The Bertz CT molecular complexity index is 419. The van der Waals surface area contributed by atoms with Gasteiger partial charge in [0.15, 0.2) is 11.5 Å². The molecule has 0 radical (unpaired) electrons. The third kappa shape index (κ3) is 3.08. The molecule has 0 spiro atoms. The number of aliphatic hydroxyl groups is 1. The molecule has 94 valence electrons. The second-order valence-corrected chi connectivity index (χ2v) is 3.60. The van der Waals surface area contributed by atoms with E-state index in [1.54, 1.807) is 0 Å². The van der Waals surface area contributed by atoms with Crippen LogP contribution in [0.2, 0.25) is 0 Å². The molecule has 0 bridgehead atoms. The summed E-state index contributed by atoms with van der Waals surface area (Å²) in [5.41, 5.74) is 6.32. The number of benzene rings is 1. The van der Waals surface area contributed by atoms with Crippen LogP contribution in [0.5, 0.6) is 11.5 Å². The standard InChI is InChI=1S/C11H15NO5/c1-17-9-3-6(4-10(14)15)2-7(11(9)16)8(12)5-13/h2-3,8,13,16H,4-5,12H2,1H3,(H,14,15)/t8-/m1/s1. The number of ether oxygens (including phenoxy) is 1. The van der Waals surface area contributed by atoms with Gasteiger partial charge in [-0.2, -0.15) is 0 Å². The average Bonchev–Trinajstić information content (AvgIpc) is 2.29. The third-order valence-electron chi connectivity index (χ3n) is 2.34. The lowest BCUT2D eigenvalue weighted by molar-refractivity contribution is -0.136. The Hall–Kier alpha value is -1.79. The Labute approximate surface area is 98.3 Å². The van der Waals surface area contributed by atoms with Crippen molar-refractivity contribution in [1.82, 2.24) is 0 Å². The Kier molecular flexibility index (Phi) is 4.30. The lowest BCUT2D eigenvalue weighted by atomic mass is 10.0. The van der Waals surface area contributed by atoms with Gasteiger partial charge in [0.05, 0.1) is 26.2 Å². The first-order chi connectivity index (χ1) is 7.99. The minimum Gasteiger partial charge on any atom is -0.504 e. The number of aliphatic hydroxyl groups excluding tert-OH is 1. The van der Waals surface area contributed by atoms with Crippen LogP contribution in [0.4, 0.5) is 0 Å². The number of hydrogen-bond acceptors (Lipinski definition) is 5. The summed E-state index contributed by atoms with van der Waals surface area (Å²) in [6.45, 7) is -0.354. The van der Waals surface area contributed by atoms with Crippen molar-refractivity contribution in [3.8, 4) is 11.5 Å². The van der Waals surface area contributed by atoms with Crippen molar-refractivity contribution in [3.05, 3.63) is 23.3 Å². The largest absolute Gasteiger partial charge is 0.504 e. The number of hydrogen-bond donors (Lipinski definition) is 4. The summed E-state index contributed by atoms with van der Waals surface area (Å²) >= 11 is 0. The minimum absolute atomic E-state index is 0.141. The molecule has 17 heavy (non-hydrogen) atoms. The summed E-state index contributed by atoms with van der Waals surface area (Å²) in [6, 6.07) is 2.10. The number of aliphatic carboxylic acids is 1. The topological polar surface area (TPSA) is 113 Å². The summed E-state index contributed by atoms with van der Waals surface area (Å²) < 4.78 is 4.92. The summed E-state index contributed by atoms with van der Waals surface area (Å²) in [5.74, 6) is -1.04. The van der Waals surface area contributed by atoms with Crippen LogP contribution < -0.4 is 10.5 Å². The highest BCUT2D eigenvalue weighted by molar-refractivity contribution is 5.71. The fourth-order valence-electron chi connectivity index (χ4n) is 1.50. The van der Waals surface area contributed by atoms with Crippen molar-refractivity contribution in [2.75, 3.05) is 13.7 Å². The van der Waals surface area contributed by atoms with Gasteiger partial charge in [0.1, 0.15) is 0 Å². The number of rotatable bonds is 5. The first-order valence-corrected chi connectivity index (χ1v) is 4.97. The van der Waals surface area contributed by atoms with E-state index in [2.05, 4.69) is 0 Å². The van der Waals surface area contributed by atoms with Gasteiger partial charge in [-0.05, 0) is 17.7 Å². The van der Waals surface area contributed by atoms with Crippen molar-refractivity contribution in [1.29, 1.82) is 0 Å². The quantitative estimate of drug-likeness (QED) is 0.578. The molecule has 6 nitrogen and oxygen atoms in total. The third-order valence-corrected chi connectivity index (χ3v) is 2.34. The Balaban J connectivity index is 3.22. The summed E-state index contributed by atoms with van der Waals surface area (Å²) in [7, 11) is 1.36. The second-order valence-electron chi connectivity index (χ2n) is 3.60. The molecule has 1 aromatic carbocycles. The molecule has 0 aromatic heterocycles. The maximum atomic E-state index is 10.6. The number of nitrogens with two attached hydrogens (primary N) is 1. The van der Waals surface area contributed by atoms with Gasteiger partial charge in [0.2, 0.25) is 0 Å². The Morgan fingerprint density at radius 2 is 2.18 bits per heavy atom. The maximum absolute atomic E-state index is 10.6. The van der Waals surface area contributed by atoms with Crippen LogP contribution in [0.3, 0.4) is 0 Å². The molecular weight excluding hydrogens is 226 g/mol. The predicted molar refractivity (Wildman–Crippen MR) is 60.0 cm³/mol. The van der Waals surface area contributed by atoms with Crippen LogP contribution in [0.1, 0.15) is 17.2 Å². The van der Waals surface area contributed by atoms with Gasteiger partial charge in [0, 0.05) is 5.56 Å². The number of carboxylic acids is 1. The highest BCUT2D eigenvalue weighted by atomic mass is 16.5. The first kappa shape index (κ1) is 13.3. The van der Waals surface area contributed by atoms with Gasteiger partial charge in [-0.3, -0.25) is 4.79 Å². The van der Waals surface area contributed by atoms with E-state index in [1.807, 2.05) is 0 Å². The molecule has 0 unspecified atom stereocenters. The SMILES string of the molecule is COc1cc(CC(=O)O)cc([C@H](N)CO)c1O. The van der Waals surface area contributed by atoms with Gasteiger partial charge in [-0.1, -0.05) is 0 Å². The Morgan fingerprint density at radius 3 is 2.65 bits per heavy atom. The number of carbonyl (C=O) groups is 1. The normalized spacial score (nSPS) is 12.2. The van der Waals surface area contributed by atoms with Crippen LogP contribution in [0.25, 0.3) is 0 Å². The van der Waals surface area contributed by atoms with Gasteiger partial charge in [-0.25, -0.2) is 0 Å². The predicted octanol–water partition coefficient (Wildman–Crippen LogP) is 0.0200. The molecule has 0 saturated carbocycles. The zero-order chi connectivity index (χ0) is 13.0. The van der Waals surface area contributed by atoms with Crippen molar-refractivity contribution in [3.63, 3.8) is 0 Å². The van der Waals surface area contributed by atoms with E-state index in [1.165, 1.54) is 19.2 Å². The molecule has 0 aliphatic rings. The lowest BCUT2D eigenvalue weighted by Crippen LogP contribution is -2.15. The highest BCUT2D eigenvalue weighted by Crippen LogP contribution is 2.34. The first-order valence-electron chi connectivity index (χ1n) is 4.97. The van der Waals surface area contributed by atoms with Gasteiger partial charge in [0.25, 0.3) is 0 Å². The molecule has 1 atom stereocenters. The van der Waals surface area contributed by atoms with Crippen molar-refractivity contribution >= 4 is 5.97 Å². The van der Waals surface area contributed by atoms with Gasteiger partial charge >= 0.3 is 5.97 Å². The maximum Gasteiger partial charge on any atom is 0.307 e. The van der Waals surface area contributed by atoms with E-state index in [4.69, 9.17) is 20.7 Å². The number of carboxylic acid groups (broad SMARTS) is 1. The molecule has 0 fully saturated rings. The van der Waals surface area contributed by atoms with Crippen LogP contribution in [0, 0.1) is 0 Å². The number of phenols is 1. The van der Waals surface area contributed by atoms with Crippen LogP contribution in [-0.2, 0) is 11.2 Å². The molecule has 0 aliphatic heterocycles. The fraction of sp³-hybridized carbons (Fsp3) is 0.364. The van der Waals surface area contributed by atoms with Crippen LogP contribution in [-0.4, -0.2) is 35.0 Å². The molecule has 0 heterocycles. The molecule has 1 rings (SSSR count). The average molecular weight is 241 g/mol. The highest BCUT2D eigenvalue weighted by Gasteiger charge is 2.16. The number of methoxy groups -OCH3 is 1. The Morgan fingerprint density at radius 1 is 1.53 bits per heavy atom. The minimum atomic E-state index is -0.999. The van der Waals surface area contributed by atoms with Crippen molar-refractivity contribution in [2.45, 2.75) is 12.5 Å². The van der Waals surface area contributed by atoms with E-state index in [0.29, 0.717) is 5.56 Å². The second kappa shape index (κ2) is 5.51. The zero-order valence-electron chi connectivity index (χ0n) is 9.38. The molecule has 0 amide bonds. The van der Waals surface area contributed by atoms with E-state index in [-0.39, 0.29) is 30.1 Å². The zero-order valence-corrected chi connectivity index (χ0v) is 9.38. The van der Waals surface area contributed by atoms with Gasteiger partial charge < -0.3 is 25.8 Å². The summed E-state index contributed by atoms with van der Waals surface area (Å²) in [6.07, 6.45) is -0.207. The summed E-state index contributed by atoms with van der Waals surface area (Å²) in [5, 5.41) is 27.4. The van der Waals surface area contributed by atoms with Gasteiger partial charge in [-0.15, -0.1) is 0 Å². The number of phenolic OH excluding ortho intramolecular Hbond substituents is 1. The lowest BCUT2D eigenvalue weighted by Gasteiger charge is -2.15. The molecule has 0 saturated heterocycles. The van der Waals surface area contributed by atoms with Crippen molar-refractivity contribution < 1.29 is 24.9 Å². The molecular formula is C11H15NO5. The number of aromatic hydroxyl groups is 1. The van der Waals surface area contributed by atoms with E-state index in [9.17, 15) is 9.90 Å².